The summed E-state index contributed by atoms with van der Waals surface area (Å²) in [6, 6.07) is 0. The summed E-state index contributed by atoms with van der Waals surface area (Å²) in [7, 11) is 0.961. The molecule has 0 N–H and O–H groups in total. The normalized spacial score (nSPS) is 13.1. The molecule has 0 aromatic heterocycles. The van der Waals surface area contributed by atoms with Crippen LogP contribution in [0.4, 0.5) is 0 Å². The van der Waals surface area contributed by atoms with Crippen LogP contribution in [-0.2, 0) is 4.74 Å². The summed E-state index contributed by atoms with van der Waals surface area (Å²) in [5, 5.41) is 0.212. The van der Waals surface area contributed by atoms with Gasteiger partial charge in [-0.3, -0.25) is 0 Å². The second-order valence-corrected chi connectivity index (χ2v) is 4.64. The van der Waals surface area contributed by atoms with Crippen molar-refractivity contribution in [3.05, 3.63) is 0 Å². The third kappa shape index (κ3) is 3.53. The molecule has 2 heteroatoms. The molecule has 11 heavy (non-hydrogen) atoms. The van der Waals surface area contributed by atoms with Gasteiger partial charge in [-0.15, -0.1) is 0 Å². The van der Waals surface area contributed by atoms with Crippen molar-refractivity contribution >= 4 is 8.58 Å². The maximum Gasteiger partial charge on any atom is 0.0836 e. The van der Waals surface area contributed by atoms with Crippen LogP contribution in [-0.4, -0.2) is 18.1 Å². The van der Waals surface area contributed by atoms with Gasteiger partial charge in [0, 0.05) is 6.61 Å². The molecule has 68 valence electrons. The molecule has 0 aromatic rings. The molecule has 1 nitrogen and oxygen atoms in total. The summed E-state index contributed by atoms with van der Waals surface area (Å²) in [6.45, 7) is 9.62. The summed E-state index contributed by atoms with van der Waals surface area (Å²) >= 11 is 0. The average Bonchev–Trinajstić information content (AvgIpc) is 2.04. The van der Waals surface area contributed by atoms with Crippen molar-refractivity contribution in [3.8, 4) is 0 Å². The van der Waals surface area contributed by atoms with E-state index in [4.69, 9.17) is 4.74 Å². The van der Waals surface area contributed by atoms with Gasteiger partial charge in [0.25, 0.3) is 0 Å². The molecule has 0 aromatic carbocycles. The first kappa shape index (κ1) is 11.4. The van der Waals surface area contributed by atoms with Crippen LogP contribution in [0.3, 0.4) is 0 Å². The first-order chi connectivity index (χ1) is 5.24. The monoisotopic (exact) mass is 176 g/mol. The lowest BCUT2D eigenvalue weighted by molar-refractivity contribution is 0.0258. The largest absolute Gasteiger partial charge is 0.371 e. The summed E-state index contributed by atoms with van der Waals surface area (Å²) < 4.78 is 5.78. The van der Waals surface area contributed by atoms with Crippen LogP contribution in [0.5, 0.6) is 0 Å². The van der Waals surface area contributed by atoms with Crippen LogP contribution in [0.1, 0.15) is 40.5 Å². The summed E-state index contributed by atoms with van der Waals surface area (Å²) in [5.41, 5.74) is 0. The Morgan fingerprint density at radius 2 is 1.64 bits per heavy atom. The Kier molecular flexibility index (Phi) is 6.18. The van der Waals surface area contributed by atoms with Crippen LogP contribution in [0.15, 0.2) is 0 Å². The zero-order chi connectivity index (χ0) is 8.74. The summed E-state index contributed by atoms with van der Waals surface area (Å²) in [6.07, 6.45) is 3.56. The first-order valence-electron chi connectivity index (χ1n) is 4.63. The topological polar surface area (TPSA) is 9.23 Å². The molecule has 0 fully saturated rings. The molecular formula is C9H21OP. The smallest absolute Gasteiger partial charge is 0.0836 e. The maximum absolute atomic E-state index is 5.78. The van der Waals surface area contributed by atoms with E-state index in [-0.39, 0.29) is 5.34 Å². The number of ether oxygens (including phenoxy) is 1. The number of hydrogen-bond donors (Lipinski definition) is 0. The molecule has 1 atom stereocenters. The Labute approximate surface area is 72.7 Å². The fourth-order valence-corrected chi connectivity index (χ4v) is 2.74. The summed E-state index contributed by atoms with van der Waals surface area (Å²) in [4.78, 5) is 0. The quantitative estimate of drug-likeness (QED) is 0.564. The second-order valence-electron chi connectivity index (χ2n) is 2.66. The van der Waals surface area contributed by atoms with Gasteiger partial charge in [0.1, 0.15) is 0 Å². The van der Waals surface area contributed by atoms with E-state index in [0.29, 0.717) is 0 Å². The van der Waals surface area contributed by atoms with E-state index in [9.17, 15) is 0 Å². The predicted octanol–water partition coefficient (Wildman–Crippen LogP) is 3.24. The standard InChI is InChI=1S/C9H21OP/c1-5-9(6-2,10-7-3)11-8-4/h11H,5-8H2,1-4H3. The molecular weight excluding hydrogens is 155 g/mol. The van der Waals surface area contributed by atoms with E-state index in [1.165, 1.54) is 6.16 Å². The molecule has 0 saturated heterocycles. The minimum absolute atomic E-state index is 0.212. The van der Waals surface area contributed by atoms with Crippen molar-refractivity contribution < 1.29 is 4.74 Å². The van der Waals surface area contributed by atoms with Gasteiger partial charge in [-0.05, 0) is 25.9 Å². The van der Waals surface area contributed by atoms with Gasteiger partial charge in [-0.1, -0.05) is 29.4 Å². The van der Waals surface area contributed by atoms with E-state index in [2.05, 4.69) is 27.7 Å². The Bertz CT molecular complexity index is 81.6. The van der Waals surface area contributed by atoms with Crippen LogP contribution in [0.2, 0.25) is 0 Å². The molecule has 0 aliphatic carbocycles. The molecule has 0 aliphatic rings. The fourth-order valence-electron chi connectivity index (χ4n) is 1.35. The highest BCUT2D eigenvalue weighted by Gasteiger charge is 2.24. The number of hydrogen-bond acceptors (Lipinski definition) is 1. The first-order valence-corrected chi connectivity index (χ1v) is 5.84. The minimum Gasteiger partial charge on any atom is -0.371 e. The molecule has 1 unspecified atom stereocenters. The zero-order valence-electron chi connectivity index (χ0n) is 8.24. The van der Waals surface area contributed by atoms with E-state index in [0.717, 1.165) is 28.0 Å². The summed E-state index contributed by atoms with van der Waals surface area (Å²) in [5.74, 6) is 0. The Morgan fingerprint density at radius 1 is 1.09 bits per heavy atom. The van der Waals surface area contributed by atoms with Gasteiger partial charge in [-0.2, -0.15) is 0 Å². The SMILES string of the molecule is CCOC(CC)(CC)PCC. The lowest BCUT2D eigenvalue weighted by Gasteiger charge is -2.31. The highest BCUT2D eigenvalue weighted by atomic mass is 31.1. The van der Waals surface area contributed by atoms with Crippen molar-refractivity contribution in [2.24, 2.45) is 0 Å². The minimum atomic E-state index is 0.212. The van der Waals surface area contributed by atoms with Gasteiger partial charge in [0.2, 0.25) is 0 Å². The molecule has 0 spiro atoms. The van der Waals surface area contributed by atoms with Crippen molar-refractivity contribution in [2.45, 2.75) is 45.9 Å². The molecule has 0 amide bonds. The van der Waals surface area contributed by atoms with Crippen molar-refractivity contribution in [2.75, 3.05) is 12.8 Å². The van der Waals surface area contributed by atoms with Crippen LogP contribution in [0, 0.1) is 0 Å². The Hall–Kier alpha value is 0.390. The average molecular weight is 176 g/mol. The molecule has 0 radical (unpaired) electrons. The van der Waals surface area contributed by atoms with Crippen LogP contribution >= 0.6 is 8.58 Å². The third-order valence-corrected chi connectivity index (χ3v) is 3.91. The second kappa shape index (κ2) is 5.97. The highest BCUT2D eigenvalue weighted by molar-refractivity contribution is 7.39. The predicted molar refractivity (Wildman–Crippen MR) is 53.8 cm³/mol. The van der Waals surface area contributed by atoms with Crippen LogP contribution < -0.4 is 0 Å². The lowest BCUT2D eigenvalue weighted by Crippen LogP contribution is -2.25. The Morgan fingerprint density at radius 3 is 1.91 bits per heavy atom. The third-order valence-electron chi connectivity index (χ3n) is 2.06. The van der Waals surface area contributed by atoms with Crippen molar-refractivity contribution in [1.82, 2.24) is 0 Å². The van der Waals surface area contributed by atoms with E-state index >= 15 is 0 Å². The van der Waals surface area contributed by atoms with E-state index < -0.39 is 0 Å². The fraction of sp³-hybridized carbons (Fsp3) is 1.00. The van der Waals surface area contributed by atoms with Crippen molar-refractivity contribution in [1.29, 1.82) is 0 Å². The van der Waals surface area contributed by atoms with Gasteiger partial charge in [-0.25, -0.2) is 0 Å². The van der Waals surface area contributed by atoms with E-state index in [1.54, 1.807) is 0 Å². The molecule has 0 aliphatic heterocycles. The highest BCUT2D eigenvalue weighted by Crippen LogP contribution is 2.38. The van der Waals surface area contributed by atoms with Gasteiger partial charge in [0.05, 0.1) is 5.34 Å². The lowest BCUT2D eigenvalue weighted by atomic mass is 10.2. The van der Waals surface area contributed by atoms with Gasteiger partial charge < -0.3 is 4.74 Å². The number of rotatable bonds is 6. The van der Waals surface area contributed by atoms with Gasteiger partial charge >= 0.3 is 0 Å². The maximum atomic E-state index is 5.78. The van der Waals surface area contributed by atoms with Crippen LogP contribution in [0.25, 0.3) is 0 Å². The van der Waals surface area contributed by atoms with Crippen molar-refractivity contribution in [3.63, 3.8) is 0 Å². The Balaban J connectivity index is 3.96. The van der Waals surface area contributed by atoms with E-state index in [1.807, 2.05) is 0 Å². The molecule has 0 rings (SSSR count). The molecule has 0 saturated carbocycles. The molecule has 0 bridgehead atoms. The zero-order valence-corrected chi connectivity index (χ0v) is 9.24. The van der Waals surface area contributed by atoms with Gasteiger partial charge in [0.15, 0.2) is 0 Å². The molecule has 0 heterocycles.